The summed E-state index contributed by atoms with van der Waals surface area (Å²) in [6.07, 6.45) is 0. The second-order valence-electron chi connectivity index (χ2n) is 8.84. The van der Waals surface area contributed by atoms with Crippen LogP contribution >= 0.6 is 0 Å². The molecule has 7 aromatic carbocycles. The molecule has 0 unspecified atom stereocenters. The summed E-state index contributed by atoms with van der Waals surface area (Å²) in [5.74, 6) is 0. The molecule has 0 aromatic heterocycles. The van der Waals surface area contributed by atoms with E-state index in [2.05, 4.69) is 121 Å². The third-order valence-corrected chi connectivity index (χ3v) is 6.94. The number of fused-ring (bicyclic) bond motifs is 4. The molecule has 0 atom stereocenters. The zero-order valence-corrected chi connectivity index (χ0v) is 18.6. The number of hydrogen-bond donors (Lipinski definition) is 0. The summed E-state index contributed by atoms with van der Waals surface area (Å²) in [6, 6.07) is 45.6. The van der Waals surface area contributed by atoms with Crippen molar-refractivity contribution in [2.45, 2.75) is 0 Å². The zero-order chi connectivity index (χ0) is 23.4. The highest BCUT2D eigenvalue weighted by Crippen LogP contribution is 2.45. The fourth-order valence-corrected chi connectivity index (χ4v) is 5.42. The van der Waals surface area contributed by atoms with Gasteiger partial charge >= 0.3 is 0 Å². The molecule has 0 N–H and O–H groups in total. The lowest BCUT2D eigenvalue weighted by Gasteiger charge is -2.19. The van der Waals surface area contributed by atoms with E-state index < -0.39 is 0 Å². The molecule has 0 aliphatic heterocycles. The smallest absolute Gasteiger partial charge is 0.0616 e. The first kappa shape index (κ1) is 18.1. The van der Waals surface area contributed by atoms with Crippen molar-refractivity contribution < 1.29 is 1.37 Å². The lowest BCUT2D eigenvalue weighted by Crippen LogP contribution is -1.91. The van der Waals surface area contributed by atoms with E-state index in [1.165, 1.54) is 43.4 Å². The molecular formula is C34H22. The van der Waals surface area contributed by atoms with Crippen molar-refractivity contribution in [3.63, 3.8) is 0 Å². The van der Waals surface area contributed by atoms with E-state index in [1.807, 2.05) is 6.07 Å². The molecule has 34 heavy (non-hydrogen) atoms. The Labute approximate surface area is 200 Å². The van der Waals surface area contributed by atoms with E-state index in [0.29, 0.717) is 6.04 Å². The van der Waals surface area contributed by atoms with Crippen LogP contribution in [0.1, 0.15) is 1.37 Å². The van der Waals surface area contributed by atoms with Gasteiger partial charge in [0.1, 0.15) is 0 Å². The fraction of sp³-hybridized carbons (Fsp3) is 0. The molecule has 0 aliphatic carbocycles. The summed E-state index contributed by atoms with van der Waals surface area (Å²) >= 11 is 0. The minimum Gasteiger partial charge on any atom is -0.0616 e. The lowest BCUT2D eigenvalue weighted by atomic mass is 9.84. The average molecular weight is 432 g/mol. The highest BCUT2D eigenvalue weighted by molar-refractivity contribution is 6.23. The predicted octanol–water partition coefficient (Wildman–Crippen LogP) is 9.63. The van der Waals surface area contributed by atoms with Crippen molar-refractivity contribution in [2.24, 2.45) is 0 Å². The molecule has 0 spiro atoms. The summed E-state index contributed by atoms with van der Waals surface area (Å²) in [7, 11) is 0. The van der Waals surface area contributed by atoms with Crippen molar-refractivity contribution in [2.75, 3.05) is 0 Å². The predicted molar refractivity (Wildman–Crippen MR) is 147 cm³/mol. The first-order valence-electron chi connectivity index (χ1n) is 12.2. The number of benzene rings is 7. The Kier molecular flexibility index (Phi) is 4.02. The van der Waals surface area contributed by atoms with Gasteiger partial charge in [-0.05, 0) is 71.4 Å². The first-order valence-corrected chi connectivity index (χ1v) is 11.7. The van der Waals surface area contributed by atoms with E-state index in [4.69, 9.17) is 1.37 Å². The van der Waals surface area contributed by atoms with Crippen LogP contribution in [0.3, 0.4) is 0 Å². The van der Waals surface area contributed by atoms with Gasteiger partial charge < -0.3 is 0 Å². The van der Waals surface area contributed by atoms with Crippen molar-refractivity contribution >= 4 is 43.1 Å². The van der Waals surface area contributed by atoms with Gasteiger partial charge in [0, 0.05) is 0 Å². The minimum atomic E-state index is 0.553. The van der Waals surface area contributed by atoms with Gasteiger partial charge in [-0.3, -0.25) is 0 Å². The van der Waals surface area contributed by atoms with Crippen LogP contribution in [0.5, 0.6) is 0 Å². The van der Waals surface area contributed by atoms with E-state index in [0.717, 1.165) is 21.9 Å². The number of hydrogen-bond acceptors (Lipinski definition) is 0. The van der Waals surface area contributed by atoms with Gasteiger partial charge in [-0.1, -0.05) is 127 Å². The highest BCUT2D eigenvalue weighted by atomic mass is 14.2. The molecule has 0 amide bonds. The largest absolute Gasteiger partial charge is 0.0629 e. The third-order valence-electron chi connectivity index (χ3n) is 6.94. The van der Waals surface area contributed by atoms with Crippen LogP contribution in [0.2, 0.25) is 0 Å². The monoisotopic (exact) mass is 431 g/mol. The highest BCUT2D eigenvalue weighted by Gasteiger charge is 2.17. The maximum Gasteiger partial charge on any atom is 0.0629 e. The Bertz CT molecular complexity index is 1860. The molecule has 0 saturated carbocycles. The van der Waals surface area contributed by atoms with Crippen molar-refractivity contribution in [1.82, 2.24) is 0 Å². The quantitative estimate of drug-likeness (QED) is 0.239. The van der Waals surface area contributed by atoms with Crippen molar-refractivity contribution in [1.29, 1.82) is 0 Å². The van der Waals surface area contributed by atoms with Crippen molar-refractivity contribution in [3.8, 4) is 22.3 Å². The second kappa shape index (κ2) is 7.57. The molecule has 0 heteroatoms. The molecule has 0 saturated heterocycles. The van der Waals surface area contributed by atoms with Gasteiger partial charge in [0.05, 0.1) is 1.37 Å². The van der Waals surface area contributed by atoms with Gasteiger partial charge in [0.2, 0.25) is 0 Å². The summed E-state index contributed by atoms with van der Waals surface area (Å²) in [5.41, 5.74) is 4.60. The molecule has 7 aromatic rings. The van der Waals surface area contributed by atoms with E-state index >= 15 is 0 Å². The number of rotatable bonds is 2. The maximum atomic E-state index is 8.95. The molecule has 7 rings (SSSR count). The molecular weight excluding hydrogens is 408 g/mol. The maximum absolute atomic E-state index is 8.95. The van der Waals surface area contributed by atoms with Gasteiger partial charge in [-0.15, -0.1) is 0 Å². The van der Waals surface area contributed by atoms with Gasteiger partial charge in [-0.2, -0.15) is 0 Å². The fourth-order valence-electron chi connectivity index (χ4n) is 5.42. The SMILES string of the molecule is [2H]c1ccc2ccccc2c1-c1c2ccccc2c(-c2ccc3ccccc3c2)c2ccccc12. The molecule has 0 bridgehead atoms. The van der Waals surface area contributed by atoms with Crippen LogP contribution in [-0.2, 0) is 0 Å². The summed E-state index contributed by atoms with van der Waals surface area (Å²) in [4.78, 5) is 0. The van der Waals surface area contributed by atoms with E-state index in [9.17, 15) is 0 Å². The molecule has 0 fully saturated rings. The van der Waals surface area contributed by atoms with Gasteiger partial charge in [0.15, 0.2) is 0 Å². The molecule has 0 aliphatic rings. The first-order chi connectivity index (χ1) is 17.3. The van der Waals surface area contributed by atoms with Crippen molar-refractivity contribution in [3.05, 3.63) is 133 Å². The van der Waals surface area contributed by atoms with Crippen LogP contribution < -0.4 is 0 Å². The topological polar surface area (TPSA) is 0 Å². The Morgan fingerprint density at radius 1 is 0.382 bits per heavy atom. The third kappa shape index (κ3) is 2.86. The molecule has 158 valence electrons. The molecule has 0 nitrogen and oxygen atoms in total. The van der Waals surface area contributed by atoms with Gasteiger partial charge in [0.25, 0.3) is 0 Å². The summed E-state index contributed by atoms with van der Waals surface area (Å²) in [5, 5.41) is 9.55. The standard InChI is InChI=1S/C34H22/c1-2-12-25-22-26(21-20-23(25)10-1)33-29-15-5-7-17-31(29)34(32-18-8-6-16-30(32)33)28-19-9-13-24-11-3-4-14-27(24)28/h1-22H/i19D. The normalized spacial score (nSPS) is 11.9. The van der Waals surface area contributed by atoms with Crippen LogP contribution in [0.25, 0.3) is 65.3 Å². The second-order valence-corrected chi connectivity index (χ2v) is 8.84. The summed E-state index contributed by atoms with van der Waals surface area (Å²) in [6.45, 7) is 0. The van der Waals surface area contributed by atoms with E-state index in [-0.39, 0.29) is 0 Å². The Morgan fingerprint density at radius 2 is 0.882 bits per heavy atom. The Morgan fingerprint density at radius 3 is 1.56 bits per heavy atom. The summed E-state index contributed by atoms with van der Waals surface area (Å²) < 4.78 is 8.95. The van der Waals surface area contributed by atoms with Gasteiger partial charge in [-0.25, -0.2) is 0 Å². The van der Waals surface area contributed by atoms with Crippen LogP contribution in [0.15, 0.2) is 133 Å². The van der Waals surface area contributed by atoms with Crippen LogP contribution in [0, 0.1) is 0 Å². The van der Waals surface area contributed by atoms with Crippen LogP contribution in [0.4, 0.5) is 0 Å². The Hall–Kier alpha value is -4.42. The minimum absolute atomic E-state index is 0.553. The van der Waals surface area contributed by atoms with E-state index in [1.54, 1.807) is 0 Å². The zero-order valence-electron chi connectivity index (χ0n) is 19.6. The average Bonchev–Trinajstić information content (AvgIpc) is 2.92. The Balaban J connectivity index is 1.67. The van der Waals surface area contributed by atoms with Crippen LogP contribution in [-0.4, -0.2) is 0 Å². The molecule has 0 radical (unpaired) electrons. The molecule has 0 heterocycles. The lowest BCUT2D eigenvalue weighted by molar-refractivity contribution is 1.68.